The highest BCUT2D eigenvalue weighted by Gasteiger charge is 2.15. The van der Waals surface area contributed by atoms with Gasteiger partial charge in [-0.2, -0.15) is 0 Å². The van der Waals surface area contributed by atoms with Crippen LogP contribution in [0.5, 0.6) is 5.75 Å². The highest BCUT2D eigenvalue weighted by Crippen LogP contribution is 2.38. The van der Waals surface area contributed by atoms with E-state index < -0.39 is 0 Å². The monoisotopic (exact) mass is 421 g/mol. The van der Waals surface area contributed by atoms with E-state index in [1.165, 1.54) is 13.1 Å². The smallest absolute Gasteiger partial charge is 0.230 e. The zero-order chi connectivity index (χ0) is 22.1. The number of carbonyl (C=O) groups is 1. The largest absolute Gasteiger partial charge is 0.507 e. The van der Waals surface area contributed by atoms with Crippen LogP contribution in [0.1, 0.15) is 6.92 Å². The minimum absolute atomic E-state index is 0.230. The van der Waals surface area contributed by atoms with Gasteiger partial charge in [-0.3, -0.25) is 15.1 Å². The maximum atomic E-state index is 11.3. The lowest BCUT2D eigenvalue weighted by molar-refractivity contribution is -0.114. The molecule has 0 fully saturated rings. The molecule has 0 saturated heterocycles. The van der Waals surface area contributed by atoms with Crippen LogP contribution in [0.4, 0.5) is 5.88 Å². The van der Waals surface area contributed by atoms with E-state index in [1.54, 1.807) is 12.3 Å². The summed E-state index contributed by atoms with van der Waals surface area (Å²) in [6.45, 7) is 1.41. The Kier molecular flexibility index (Phi) is 4.88. The molecule has 156 valence electrons. The molecule has 0 unspecified atom stereocenters. The first kappa shape index (κ1) is 19.5. The van der Waals surface area contributed by atoms with Crippen molar-refractivity contribution in [1.29, 1.82) is 0 Å². The molecule has 0 bridgehead atoms. The van der Waals surface area contributed by atoms with Crippen molar-refractivity contribution in [2.24, 2.45) is 0 Å². The van der Waals surface area contributed by atoms with Gasteiger partial charge in [-0.05, 0) is 34.5 Å². The summed E-state index contributed by atoms with van der Waals surface area (Å²) < 4.78 is 5.68. The first-order chi connectivity index (χ1) is 15.6. The van der Waals surface area contributed by atoms with E-state index in [-0.39, 0.29) is 17.5 Å². The maximum absolute atomic E-state index is 11.3. The van der Waals surface area contributed by atoms with Crippen molar-refractivity contribution >= 4 is 22.6 Å². The SMILES string of the molecule is CC(=O)Nc1cnc(-c2cccnc2-c2ccc(-c3c(O)ccc4ccccc34)cc2)o1. The summed E-state index contributed by atoms with van der Waals surface area (Å²) >= 11 is 0. The van der Waals surface area contributed by atoms with Crippen LogP contribution in [0.2, 0.25) is 0 Å². The number of aromatic nitrogens is 2. The first-order valence-electron chi connectivity index (χ1n) is 10.1. The fourth-order valence-electron chi connectivity index (χ4n) is 3.80. The Morgan fingerprint density at radius 1 is 0.906 bits per heavy atom. The number of phenols is 1. The van der Waals surface area contributed by atoms with Crippen LogP contribution >= 0.6 is 0 Å². The van der Waals surface area contributed by atoms with Gasteiger partial charge in [-0.15, -0.1) is 0 Å². The lowest BCUT2D eigenvalue weighted by atomic mass is 9.95. The Bertz CT molecular complexity index is 1440. The van der Waals surface area contributed by atoms with Crippen molar-refractivity contribution in [2.75, 3.05) is 5.32 Å². The second-order valence-electron chi connectivity index (χ2n) is 7.37. The molecule has 6 nitrogen and oxygen atoms in total. The molecule has 2 N–H and O–H groups in total. The highest BCUT2D eigenvalue weighted by atomic mass is 16.4. The molecule has 0 saturated carbocycles. The Morgan fingerprint density at radius 2 is 1.69 bits per heavy atom. The van der Waals surface area contributed by atoms with Crippen LogP contribution in [0, 0.1) is 0 Å². The minimum Gasteiger partial charge on any atom is -0.507 e. The quantitative estimate of drug-likeness (QED) is 0.378. The number of carbonyl (C=O) groups excluding carboxylic acids is 1. The lowest BCUT2D eigenvalue weighted by Crippen LogP contribution is -2.04. The number of aromatic hydroxyl groups is 1. The fourth-order valence-corrected chi connectivity index (χ4v) is 3.80. The maximum Gasteiger partial charge on any atom is 0.230 e. The number of fused-ring (bicyclic) bond motifs is 1. The van der Waals surface area contributed by atoms with E-state index in [9.17, 15) is 9.90 Å². The molecule has 0 aliphatic heterocycles. The Hall–Kier alpha value is -4.45. The number of hydrogen-bond donors (Lipinski definition) is 2. The van der Waals surface area contributed by atoms with Gasteiger partial charge in [-0.25, -0.2) is 4.98 Å². The standard InChI is InChI=1S/C26H19N3O3/c1-16(30)29-23-15-28-26(32-23)21-7-4-14-27-25(21)19-10-8-18(9-11-19)24-20-6-3-2-5-17(20)12-13-22(24)31/h2-15,31H,1H3,(H,29,30). The van der Waals surface area contributed by atoms with Crippen LogP contribution < -0.4 is 5.32 Å². The van der Waals surface area contributed by atoms with Gasteiger partial charge in [-0.1, -0.05) is 54.6 Å². The summed E-state index contributed by atoms with van der Waals surface area (Å²) in [7, 11) is 0. The number of phenolic OH excluding ortho intramolecular Hbond substituents is 1. The third-order valence-corrected chi connectivity index (χ3v) is 5.20. The second kappa shape index (κ2) is 8.00. The molecule has 5 rings (SSSR count). The zero-order valence-electron chi connectivity index (χ0n) is 17.2. The molecule has 3 aromatic carbocycles. The molecule has 0 aliphatic rings. The molecular weight excluding hydrogens is 402 g/mol. The third-order valence-electron chi connectivity index (χ3n) is 5.20. The number of benzene rings is 3. The number of amides is 1. The topological polar surface area (TPSA) is 88.2 Å². The van der Waals surface area contributed by atoms with Crippen molar-refractivity contribution in [2.45, 2.75) is 6.92 Å². The van der Waals surface area contributed by atoms with Gasteiger partial charge in [0.15, 0.2) is 0 Å². The predicted molar refractivity (Wildman–Crippen MR) is 124 cm³/mol. The Balaban J connectivity index is 1.55. The number of nitrogens with one attached hydrogen (secondary N) is 1. The van der Waals surface area contributed by atoms with E-state index in [4.69, 9.17) is 4.42 Å². The molecule has 0 radical (unpaired) electrons. The number of nitrogens with zero attached hydrogens (tertiary/aromatic N) is 2. The molecule has 32 heavy (non-hydrogen) atoms. The van der Waals surface area contributed by atoms with Crippen molar-refractivity contribution in [3.8, 4) is 39.6 Å². The van der Waals surface area contributed by atoms with Crippen LogP contribution in [0.25, 0.3) is 44.6 Å². The first-order valence-corrected chi connectivity index (χ1v) is 10.1. The number of hydrogen-bond acceptors (Lipinski definition) is 5. The molecular formula is C26H19N3O3. The van der Waals surface area contributed by atoms with Gasteiger partial charge < -0.3 is 9.52 Å². The average Bonchev–Trinajstić information content (AvgIpc) is 3.27. The molecule has 2 aromatic heterocycles. The van der Waals surface area contributed by atoms with Crippen molar-refractivity contribution < 1.29 is 14.3 Å². The second-order valence-corrected chi connectivity index (χ2v) is 7.37. The van der Waals surface area contributed by atoms with Crippen LogP contribution in [0.15, 0.2) is 89.6 Å². The van der Waals surface area contributed by atoms with E-state index >= 15 is 0 Å². The number of anilines is 1. The Labute approximate surface area is 184 Å². The van der Waals surface area contributed by atoms with Crippen molar-refractivity contribution in [3.63, 3.8) is 0 Å². The molecule has 0 spiro atoms. The van der Waals surface area contributed by atoms with Gasteiger partial charge in [0.05, 0.1) is 17.5 Å². The van der Waals surface area contributed by atoms with Crippen molar-refractivity contribution in [3.05, 3.63) is 85.2 Å². The summed E-state index contributed by atoms with van der Waals surface area (Å²) in [4.78, 5) is 20.1. The molecule has 0 atom stereocenters. The van der Waals surface area contributed by atoms with Crippen LogP contribution in [0.3, 0.4) is 0 Å². The lowest BCUT2D eigenvalue weighted by Gasteiger charge is -2.11. The van der Waals surface area contributed by atoms with Gasteiger partial charge in [0, 0.05) is 24.2 Å². The normalized spacial score (nSPS) is 10.9. The number of oxazole rings is 1. The van der Waals surface area contributed by atoms with Gasteiger partial charge in [0.2, 0.25) is 17.7 Å². The molecule has 6 heteroatoms. The van der Waals surface area contributed by atoms with Crippen LogP contribution in [-0.2, 0) is 4.79 Å². The number of pyridine rings is 1. The fraction of sp³-hybridized carbons (Fsp3) is 0.0385. The van der Waals surface area contributed by atoms with Crippen LogP contribution in [-0.4, -0.2) is 21.0 Å². The summed E-state index contributed by atoms with van der Waals surface area (Å²) in [6, 6.07) is 23.1. The Morgan fingerprint density at radius 3 is 2.50 bits per heavy atom. The summed E-state index contributed by atoms with van der Waals surface area (Å²) in [5.41, 5.74) is 4.00. The van der Waals surface area contributed by atoms with E-state index in [1.807, 2.05) is 66.7 Å². The predicted octanol–water partition coefficient (Wildman–Crippen LogP) is 5.89. The zero-order valence-corrected chi connectivity index (χ0v) is 17.2. The van der Waals surface area contributed by atoms with E-state index in [0.29, 0.717) is 17.1 Å². The van der Waals surface area contributed by atoms with Gasteiger partial charge in [0.1, 0.15) is 5.75 Å². The third kappa shape index (κ3) is 3.58. The number of rotatable bonds is 4. The van der Waals surface area contributed by atoms with Crippen molar-refractivity contribution in [1.82, 2.24) is 9.97 Å². The minimum atomic E-state index is -0.230. The molecule has 1 amide bonds. The molecule has 2 heterocycles. The van der Waals surface area contributed by atoms with Gasteiger partial charge in [0.25, 0.3) is 0 Å². The molecule has 0 aliphatic carbocycles. The van der Waals surface area contributed by atoms with E-state index in [0.717, 1.165) is 27.5 Å². The highest BCUT2D eigenvalue weighted by molar-refractivity contribution is 5.99. The summed E-state index contributed by atoms with van der Waals surface area (Å²) in [6.07, 6.45) is 3.18. The van der Waals surface area contributed by atoms with E-state index in [2.05, 4.69) is 15.3 Å². The van der Waals surface area contributed by atoms with Gasteiger partial charge >= 0.3 is 0 Å². The summed E-state index contributed by atoms with van der Waals surface area (Å²) in [5, 5.41) is 15.2. The average molecular weight is 421 g/mol. The summed E-state index contributed by atoms with van der Waals surface area (Å²) in [5.74, 6) is 0.656. The molecule has 5 aromatic rings.